The van der Waals surface area contributed by atoms with E-state index in [-0.39, 0.29) is 30.4 Å². The Labute approximate surface area is 154 Å². The van der Waals surface area contributed by atoms with Crippen LogP contribution in [0.1, 0.15) is 36.4 Å². The molecule has 1 atom stereocenters. The second-order valence-corrected chi connectivity index (χ2v) is 6.71. The van der Waals surface area contributed by atoms with Gasteiger partial charge in [0.2, 0.25) is 11.8 Å². The summed E-state index contributed by atoms with van der Waals surface area (Å²) in [4.78, 5) is 26.3. The summed E-state index contributed by atoms with van der Waals surface area (Å²) in [6.45, 7) is 0.909. The highest BCUT2D eigenvalue weighted by atomic mass is 16.2. The number of rotatable bonds is 6. The van der Waals surface area contributed by atoms with Crippen LogP contribution in [0.2, 0.25) is 0 Å². The molecule has 2 amide bonds. The molecule has 5 heteroatoms. The highest BCUT2D eigenvalue weighted by molar-refractivity contribution is 5.83. The number of nitrogens with two attached hydrogens (primary N) is 1. The summed E-state index contributed by atoms with van der Waals surface area (Å²) in [5, 5.41) is 3.12. The molecule has 0 bridgehead atoms. The molecule has 26 heavy (non-hydrogen) atoms. The molecule has 0 aliphatic carbocycles. The zero-order valence-corrected chi connectivity index (χ0v) is 14.8. The molecule has 1 fully saturated rings. The summed E-state index contributed by atoms with van der Waals surface area (Å²) in [7, 11) is 0. The topological polar surface area (TPSA) is 75.4 Å². The lowest BCUT2D eigenvalue weighted by Gasteiger charge is -2.33. The van der Waals surface area contributed by atoms with Crippen molar-refractivity contribution in [2.24, 2.45) is 5.73 Å². The molecular formula is C21H25N3O2. The fourth-order valence-corrected chi connectivity index (χ4v) is 3.54. The maximum Gasteiger partial charge on any atom is 0.234 e. The van der Waals surface area contributed by atoms with Crippen LogP contribution in [0, 0.1) is 0 Å². The summed E-state index contributed by atoms with van der Waals surface area (Å²) in [6, 6.07) is 19.2. The van der Waals surface area contributed by atoms with Crippen molar-refractivity contribution in [3.8, 4) is 0 Å². The lowest BCUT2D eigenvalue weighted by molar-refractivity contribution is -0.128. The van der Waals surface area contributed by atoms with E-state index in [1.54, 1.807) is 0 Å². The average Bonchev–Trinajstić information content (AvgIpc) is 2.68. The van der Waals surface area contributed by atoms with Crippen LogP contribution in [-0.2, 0) is 9.59 Å². The number of hydrogen-bond acceptors (Lipinski definition) is 3. The van der Waals surface area contributed by atoms with Gasteiger partial charge in [0.1, 0.15) is 0 Å². The van der Waals surface area contributed by atoms with Gasteiger partial charge >= 0.3 is 0 Å². The second-order valence-electron chi connectivity index (χ2n) is 6.71. The number of hydrogen-bond donors (Lipinski definition) is 2. The summed E-state index contributed by atoms with van der Waals surface area (Å²) in [5.74, 6) is -0.448. The van der Waals surface area contributed by atoms with Crippen molar-refractivity contribution in [1.82, 2.24) is 10.2 Å². The van der Waals surface area contributed by atoms with Crippen LogP contribution >= 0.6 is 0 Å². The van der Waals surface area contributed by atoms with Gasteiger partial charge in [-0.1, -0.05) is 67.1 Å². The van der Waals surface area contributed by atoms with Gasteiger partial charge in [-0.05, 0) is 30.5 Å². The van der Waals surface area contributed by atoms with E-state index in [9.17, 15) is 9.59 Å². The highest BCUT2D eigenvalue weighted by Gasteiger charge is 2.29. The first-order valence-electron chi connectivity index (χ1n) is 9.08. The van der Waals surface area contributed by atoms with E-state index < -0.39 is 0 Å². The fourth-order valence-electron chi connectivity index (χ4n) is 3.54. The molecule has 3 rings (SSSR count). The van der Waals surface area contributed by atoms with Gasteiger partial charge in [0.15, 0.2) is 0 Å². The molecule has 2 aromatic rings. The van der Waals surface area contributed by atoms with Crippen molar-refractivity contribution in [1.29, 1.82) is 0 Å². The predicted molar refractivity (Wildman–Crippen MR) is 101 cm³/mol. The number of likely N-dealkylation sites (tertiary alicyclic amines) is 1. The Morgan fingerprint density at radius 2 is 1.58 bits per heavy atom. The maximum absolute atomic E-state index is 12.7. The Morgan fingerprint density at radius 3 is 2.12 bits per heavy atom. The van der Waals surface area contributed by atoms with E-state index in [1.807, 2.05) is 65.6 Å². The van der Waals surface area contributed by atoms with Crippen LogP contribution in [0.5, 0.6) is 0 Å². The van der Waals surface area contributed by atoms with Crippen molar-refractivity contribution in [3.05, 3.63) is 71.8 Å². The molecular weight excluding hydrogens is 326 g/mol. The summed E-state index contributed by atoms with van der Waals surface area (Å²) >= 11 is 0. The van der Waals surface area contributed by atoms with Gasteiger partial charge in [-0.3, -0.25) is 14.5 Å². The Bertz CT molecular complexity index is 694. The van der Waals surface area contributed by atoms with Crippen molar-refractivity contribution in [2.45, 2.75) is 31.3 Å². The molecule has 0 saturated carbocycles. The van der Waals surface area contributed by atoms with E-state index in [1.165, 1.54) is 0 Å². The molecule has 5 nitrogen and oxygen atoms in total. The number of primary amides is 1. The third kappa shape index (κ3) is 4.49. The van der Waals surface area contributed by atoms with Gasteiger partial charge in [0, 0.05) is 0 Å². The number of piperidine rings is 1. The van der Waals surface area contributed by atoms with Crippen LogP contribution in [0.3, 0.4) is 0 Å². The zero-order valence-electron chi connectivity index (χ0n) is 14.8. The fraction of sp³-hybridized carbons (Fsp3) is 0.333. The molecule has 1 heterocycles. The van der Waals surface area contributed by atoms with Gasteiger partial charge in [0.25, 0.3) is 0 Å². The average molecular weight is 351 g/mol. The van der Waals surface area contributed by atoms with Gasteiger partial charge < -0.3 is 11.1 Å². The first-order chi connectivity index (χ1) is 12.6. The molecule has 3 N–H and O–H groups in total. The summed E-state index contributed by atoms with van der Waals surface area (Å²) in [5.41, 5.74) is 7.55. The number of amides is 2. The van der Waals surface area contributed by atoms with E-state index in [4.69, 9.17) is 5.73 Å². The van der Waals surface area contributed by atoms with Gasteiger partial charge in [-0.15, -0.1) is 0 Å². The van der Waals surface area contributed by atoms with E-state index in [0.717, 1.165) is 36.9 Å². The lowest BCUT2D eigenvalue weighted by Crippen LogP contribution is -2.51. The standard InChI is InChI=1S/C21H25N3O2/c22-21(26)18-13-7-8-14-24(18)15-19(25)23-20(16-9-3-1-4-10-16)17-11-5-2-6-12-17/h1-6,9-12,18,20H,7-8,13-15H2,(H2,22,26)(H,23,25)/t18-/m0/s1. The van der Waals surface area contributed by atoms with Crippen LogP contribution in [0.25, 0.3) is 0 Å². The minimum absolute atomic E-state index is 0.101. The van der Waals surface area contributed by atoms with E-state index >= 15 is 0 Å². The molecule has 1 aliphatic heterocycles. The van der Waals surface area contributed by atoms with Crippen molar-refractivity contribution in [2.75, 3.05) is 13.1 Å². The first-order valence-corrected chi connectivity index (χ1v) is 9.08. The second kappa shape index (κ2) is 8.63. The maximum atomic E-state index is 12.7. The SMILES string of the molecule is NC(=O)[C@@H]1CCCCN1CC(=O)NC(c1ccccc1)c1ccccc1. The van der Waals surface area contributed by atoms with Crippen LogP contribution in [0.15, 0.2) is 60.7 Å². The Kier molecular flexibility index (Phi) is 6.02. The van der Waals surface area contributed by atoms with E-state index in [2.05, 4.69) is 5.32 Å². The quantitative estimate of drug-likeness (QED) is 0.838. The normalized spacial score (nSPS) is 17.8. The minimum Gasteiger partial charge on any atom is -0.368 e. The Balaban J connectivity index is 1.74. The largest absolute Gasteiger partial charge is 0.368 e. The smallest absolute Gasteiger partial charge is 0.234 e. The van der Waals surface area contributed by atoms with Gasteiger partial charge in [-0.25, -0.2) is 0 Å². The highest BCUT2D eigenvalue weighted by Crippen LogP contribution is 2.22. The first kappa shape index (κ1) is 18.1. The number of benzene rings is 2. The Morgan fingerprint density at radius 1 is 1.00 bits per heavy atom. The van der Waals surface area contributed by atoms with Crippen molar-refractivity contribution in [3.63, 3.8) is 0 Å². The summed E-state index contributed by atoms with van der Waals surface area (Å²) < 4.78 is 0. The third-order valence-electron chi connectivity index (χ3n) is 4.86. The van der Waals surface area contributed by atoms with Crippen LogP contribution in [0.4, 0.5) is 0 Å². The number of nitrogens with one attached hydrogen (secondary N) is 1. The summed E-state index contributed by atoms with van der Waals surface area (Å²) in [6.07, 6.45) is 2.68. The molecule has 0 radical (unpaired) electrons. The molecule has 1 aliphatic rings. The molecule has 0 unspecified atom stereocenters. The van der Waals surface area contributed by atoms with Crippen LogP contribution in [-0.4, -0.2) is 35.8 Å². The molecule has 2 aromatic carbocycles. The van der Waals surface area contributed by atoms with Gasteiger partial charge in [-0.2, -0.15) is 0 Å². The predicted octanol–water partition coefficient (Wildman–Crippen LogP) is 2.23. The number of nitrogens with zero attached hydrogens (tertiary/aromatic N) is 1. The molecule has 0 aromatic heterocycles. The van der Waals surface area contributed by atoms with Gasteiger partial charge in [0.05, 0.1) is 18.6 Å². The minimum atomic E-state index is -0.347. The monoisotopic (exact) mass is 351 g/mol. The lowest BCUT2D eigenvalue weighted by atomic mass is 9.98. The molecule has 136 valence electrons. The molecule has 0 spiro atoms. The Hall–Kier alpha value is -2.66. The van der Waals surface area contributed by atoms with Crippen molar-refractivity contribution >= 4 is 11.8 Å². The zero-order chi connectivity index (χ0) is 18.4. The van der Waals surface area contributed by atoms with E-state index in [0.29, 0.717) is 0 Å². The number of carbonyl (C=O) groups is 2. The van der Waals surface area contributed by atoms with Crippen LogP contribution < -0.4 is 11.1 Å². The molecule has 1 saturated heterocycles. The number of carbonyl (C=O) groups excluding carboxylic acids is 2. The van der Waals surface area contributed by atoms with Crippen molar-refractivity contribution < 1.29 is 9.59 Å². The third-order valence-corrected chi connectivity index (χ3v) is 4.86.